The van der Waals surface area contributed by atoms with Gasteiger partial charge in [-0.15, -0.1) is 0 Å². The summed E-state index contributed by atoms with van der Waals surface area (Å²) in [6, 6.07) is 8.48. The van der Waals surface area contributed by atoms with Crippen LogP contribution >= 0.6 is 0 Å². The van der Waals surface area contributed by atoms with E-state index in [0.717, 1.165) is 16.5 Å². The number of nitrogen functional groups attached to an aromatic ring is 1. The van der Waals surface area contributed by atoms with Crippen LogP contribution in [0, 0.1) is 13.8 Å². The fraction of sp³-hybridized carbons (Fsp3) is 0.111. The minimum Gasteiger partial charge on any atom is -0.478 e. The number of aryl methyl sites for hydroxylation is 2. The van der Waals surface area contributed by atoms with Gasteiger partial charge in [0, 0.05) is 5.39 Å². The summed E-state index contributed by atoms with van der Waals surface area (Å²) in [4.78, 5) is 15.4. The highest BCUT2D eigenvalue weighted by Gasteiger charge is 2.20. The highest BCUT2D eigenvalue weighted by Crippen LogP contribution is 2.38. The number of benzene rings is 2. The number of carbonyl (C=O) groups is 1. The largest absolute Gasteiger partial charge is 0.478 e. The molecule has 0 spiro atoms. The van der Waals surface area contributed by atoms with Crippen LogP contribution in [0.2, 0.25) is 0 Å². The number of carboxylic acids is 1. The number of aromatic nitrogens is 1. The van der Waals surface area contributed by atoms with E-state index in [1.165, 1.54) is 12.1 Å². The third-order valence-corrected chi connectivity index (χ3v) is 3.99. The lowest BCUT2D eigenvalue weighted by molar-refractivity contribution is 0.0697. The second-order valence-corrected chi connectivity index (χ2v) is 5.81. The molecular formula is C18H14N2O4. The Morgan fingerprint density at radius 2 is 1.96 bits per heavy atom. The van der Waals surface area contributed by atoms with Gasteiger partial charge in [-0.2, -0.15) is 0 Å². The Labute approximate surface area is 136 Å². The Kier molecular flexibility index (Phi) is 2.90. The molecule has 0 aliphatic carbocycles. The van der Waals surface area contributed by atoms with Gasteiger partial charge in [-0.05, 0) is 49.2 Å². The number of furan rings is 1. The Balaban J connectivity index is 1.94. The van der Waals surface area contributed by atoms with E-state index in [2.05, 4.69) is 4.98 Å². The smallest absolute Gasteiger partial charge is 0.335 e. The first kappa shape index (κ1) is 14.3. The molecule has 2 aromatic carbocycles. The van der Waals surface area contributed by atoms with E-state index in [0.29, 0.717) is 28.1 Å². The maximum absolute atomic E-state index is 11.1. The van der Waals surface area contributed by atoms with Gasteiger partial charge in [0.1, 0.15) is 11.1 Å². The zero-order chi connectivity index (χ0) is 17.0. The number of hydrogen-bond acceptors (Lipinski definition) is 5. The van der Waals surface area contributed by atoms with Crippen molar-refractivity contribution in [2.75, 3.05) is 5.73 Å². The van der Waals surface area contributed by atoms with E-state index in [1.54, 1.807) is 6.07 Å². The molecule has 0 aliphatic rings. The Bertz CT molecular complexity index is 1120. The SMILES string of the molecule is Cc1cc(C)c2oc(-c3nc4ccc(C(=O)O)cc4o3)c(N)c2c1. The van der Waals surface area contributed by atoms with Gasteiger partial charge in [0.25, 0.3) is 5.89 Å². The summed E-state index contributed by atoms with van der Waals surface area (Å²) in [6.45, 7) is 3.94. The predicted octanol–water partition coefficient (Wildman–Crippen LogP) is 4.14. The predicted molar refractivity (Wildman–Crippen MR) is 90.1 cm³/mol. The van der Waals surface area contributed by atoms with Gasteiger partial charge in [-0.3, -0.25) is 0 Å². The van der Waals surface area contributed by atoms with Crippen molar-refractivity contribution in [1.29, 1.82) is 0 Å². The molecule has 0 saturated carbocycles. The summed E-state index contributed by atoms with van der Waals surface area (Å²) in [5, 5.41) is 9.88. The van der Waals surface area contributed by atoms with Gasteiger partial charge < -0.3 is 19.7 Å². The molecule has 0 atom stereocenters. The minimum atomic E-state index is -1.02. The number of anilines is 1. The third-order valence-electron chi connectivity index (χ3n) is 3.99. The van der Waals surface area contributed by atoms with Crippen LogP contribution in [0.1, 0.15) is 21.5 Å². The zero-order valence-corrected chi connectivity index (χ0v) is 13.1. The number of nitrogens with two attached hydrogens (primary N) is 1. The van der Waals surface area contributed by atoms with E-state index in [-0.39, 0.29) is 11.5 Å². The first-order chi connectivity index (χ1) is 11.4. The summed E-state index contributed by atoms with van der Waals surface area (Å²) in [5.41, 5.74) is 10.5. The Morgan fingerprint density at radius 3 is 2.71 bits per heavy atom. The van der Waals surface area contributed by atoms with Gasteiger partial charge in [-0.25, -0.2) is 9.78 Å². The second-order valence-electron chi connectivity index (χ2n) is 5.81. The molecular weight excluding hydrogens is 308 g/mol. The summed E-state index contributed by atoms with van der Waals surface area (Å²) in [5.74, 6) is -0.436. The summed E-state index contributed by atoms with van der Waals surface area (Å²) >= 11 is 0. The van der Waals surface area contributed by atoms with Crippen LogP contribution in [0.25, 0.3) is 33.7 Å². The highest BCUT2D eigenvalue weighted by molar-refractivity contribution is 5.99. The van der Waals surface area contributed by atoms with Crippen molar-refractivity contribution in [2.24, 2.45) is 0 Å². The van der Waals surface area contributed by atoms with Gasteiger partial charge >= 0.3 is 5.97 Å². The minimum absolute atomic E-state index is 0.134. The van der Waals surface area contributed by atoms with Crippen molar-refractivity contribution in [1.82, 2.24) is 4.98 Å². The van der Waals surface area contributed by atoms with E-state index in [1.807, 2.05) is 26.0 Å². The number of nitrogens with zero attached hydrogens (tertiary/aromatic N) is 1. The third kappa shape index (κ3) is 2.04. The van der Waals surface area contributed by atoms with Gasteiger partial charge in [0.05, 0.1) is 11.3 Å². The fourth-order valence-electron chi connectivity index (χ4n) is 2.88. The van der Waals surface area contributed by atoms with Crippen molar-refractivity contribution < 1.29 is 18.7 Å². The molecule has 2 aromatic heterocycles. The molecule has 120 valence electrons. The lowest BCUT2D eigenvalue weighted by Gasteiger charge is -1.97. The maximum Gasteiger partial charge on any atom is 0.335 e. The standard InChI is InChI=1S/C18H14N2O4/c1-8-5-9(2)15-11(6-8)14(19)16(24-15)17-20-12-4-3-10(18(21)22)7-13(12)23-17/h3-7H,19H2,1-2H3,(H,21,22). The van der Waals surface area contributed by atoms with Crippen LogP contribution in [-0.4, -0.2) is 16.1 Å². The molecule has 24 heavy (non-hydrogen) atoms. The van der Waals surface area contributed by atoms with E-state index in [9.17, 15) is 4.79 Å². The maximum atomic E-state index is 11.1. The molecule has 6 nitrogen and oxygen atoms in total. The average molecular weight is 322 g/mol. The average Bonchev–Trinajstić information content (AvgIpc) is 3.08. The van der Waals surface area contributed by atoms with Crippen LogP contribution in [-0.2, 0) is 0 Å². The molecule has 6 heteroatoms. The van der Waals surface area contributed by atoms with E-state index in [4.69, 9.17) is 19.7 Å². The van der Waals surface area contributed by atoms with Gasteiger partial charge in [0.15, 0.2) is 5.58 Å². The van der Waals surface area contributed by atoms with Gasteiger partial charge in [0.2, 0.25) is 5.76 Å². The Hall–Kier alpha value is -3.28. The summed E-state index contributed by atoms with van der Waals surface area (Å²) < 4.78 is 11.6. The zero-order valence-electron chi connectivity index (χ0n) is 13.1. The van der Waals surface area contributed by atoms with Crippen LogP contribution < -0.4 is 5.73 Å². The lowest BCUT2D eigenvalue weighted by Crippen LogP contribution is -1.94. The van der Waals surface area contributed by atoms with Crippen molar-refractivity contribution >= 4 is 33.7 Å². The fourth-order valence-corrected chi connectivity index (χ4v) is 2.88. The highest BCUT2D eigenvalue weighted by atomic mass is 16.4. The molecule has 0 unspecified atom stereocenters. The normalized spacial score (nSPS) is 11.4. The van der Waals surface area contributed by atoms with Crippen LogP contribution in [0.4, 0.5) is 5.69 Å². The molecule has 0 saturated heterocycles. The first-order valence-corrected chi connectivity index (χ1v) is 7.37. The number of oxazole rings is 1. The molecule has 0 bridgehead atoms. The number of hydrogen-bond donors (Lipinski definition) is 2. The van der Waals surface area contributed by atoms with E-state index >= 15 is 0 Å². The van der Waals surface area contributed by atoms with Crippen LogP contribution in [0.15, 0.2) is 39.2 Å². The molecule has 2 heterocycles. The summed E-state index contributed by atoms with van der Waals surface area (Å²) in [6.07, 6.45) is 0. The number of carboxylic acid groups (broad SMARTS) is 1. The Morgan fingerprint density at radius 1 is 1.17 bits per heavy atom. The number of rotatable bonds is 2. The molecule has 4 aromatic rings. The van der Waals surface area contributed by atoms with Crippen LogP contribution in [0.3, 0.4) is 0 Å². The van der Waals surface area contributed by atoms with Gasteiger partial charge in [-0.1, -0.05) is 6.07 Å². The van der Waals surface area contributed by atoms with E-state index < -0.39 is 5.97 Å². The second kappa shape index (κ2) is 4.86. The number of fused-ring (bicyclic) bond motifs is 2. The molecule has 0 amide bonds. The van der Waals surface area contributed by atoms with Crippen molar-refractivity contribution in [3.05, 3.63) is 47.0 Å². The monoisotopic (exact) mass is 322 g/mol. The molecule has 0 radical (unpaired) electrons. The summed E-state index contributed by atoms with van der Waals surface area (Å²) in [7, 11) is 0. The van der Waals surface area contributed by atoms with Crippen molar-refractivity contribution in [3.8, 4) is 11.7 Å². The number of aromatic carboxylic acids is 1. The van der Waals surface area contributed by atoms with Crippen molar-refractivity contribution in [3.63, 3.8) is 0 Å². The first-order valence-electron chi connectivity index (χ1n) is 7.37. The molecule has 4 rings (SSSR count). The topological polar surface area (TPSA) is 102 Å². The van der Waals surface area contributed by atoms with Crippen molar-refractivity contribution in [2.45, 2.75) is 13.8 Å². The molecule has 3 N–H and O–H groups in total. The van der Waals surface area contributed by atoms with Crippen LogP contribution in [0.5, 0.6) is 0 Å². The quantitative estimate of drug-likeness (QED) is 0.575. The lowest BCUT2D eigenvalue weighted by atomic mass is 10.1. The molecule has 0 fully saturated rings. The molecule has 0 aliphatic heterocycles.